The van der Waals surface area contributed by atoms with Gasteiger partial charge in [0.15, 0.2) is 0 Å². The first kappa shape index (κ1) is 44.4. The first-order chi connectivity index (χ1) is 27.2. The number of allylic oxidation sites excluding steroid dienone is 4. The van der Waals surface area contributed by atoms with Gasteiger partial charge in [-0.05, 0) is 150 Å². The maximum Gasteiger partial charge on any atom is 0.456 e. The van der Waals surface area contributed by atoms with Gasteiger partial charge in [-0.1, -0.05) is 107 Å². The van der Waals surface area contributed by atoms with E-state index >= 15 is 0 Å². The summed E-state index contributed by atoms with van der Waals surface area (Å²) in [6.45, 7) is 22.6. The molecule has 318 valence electrons. The molecule has 2 aromatic carbocycles. The molecule has 9 atom stereocenters. The molecule has 4 aliphatic carbocycles. The lowest BCUT2D eigenvalue weighted by Gasteiger charge is -2.62. The van der Waals surface area contributed by atoms with E-state index in [1.165, 1.54) is 43.7 Å². The summed E-state index contributed by atoms with van der Waals surface area (Å²) in [5, 5.41) is 2.51. The first-order valence-electron chi connectivity index (χ1n) is 21.9. The Morgan fingerprint density at radius 3 is 2.28 bits per heavy atom. The van der Waals surface area contributed by atoms with E-state index in [4.69, 9.17) is 14.0 Å². The van der Waals surface area contributed by atoms with Crippen LogP contribution < -0.4 is 9.61 Å². The van der Waals surface area contributed by atoms with Crippen LogP contribution in [0.15, 0.2) is 77.4 Å². The number of fused-ring (bicyclic) bond motifs is 4. The summed E-state index contributed by atoms with van der Waals surface area (Å²) in [6, 6.07) is 14.4. The Balaban J connectivity index is 1.17. The summed E-state index contributed by atoms with van der Waals surface area (Å²) in [5.74, 6) is 0.441. The minimum atomic E-state index is -4.69. The number of nitrogens with one attached hydrogen (secondary N) is 1. The van der Waals surface area contributed by atoms with Gasteiger partial charge in [0.2, 0.25) is 0 Å². The number of hydrogen-bond acceptors (Lipinski definition) is 6. The normalized spacial score (nSPS) is 30.9. The predicted octanol–water partition coefficient (Wildman–Crippen LogP) is 12.0. The van der Waals surface area contributed by atoms with Crippen molar-refractivity contribution in [3.63, 3.8) is 0 Å². The van der Waals surface area contributed by atoms with Gasteiger partial charge in [-0.2, -0.15) is 5.09 Å². The lowest BCUT2D eigenvalue weighted by atomic mass is 9.43. The largest absolute Gasteiger partial charge is 0.462 e. The van der Waals surface area contributed by atoms with Crippen molar-refractivity contribution in [2.24, 2.45) is 39.4 Å². The van der Waals surface area contributed by atoms with E-state index in [9.17, 15) is 19.0 Å². The highest BCUT2D eigenvalue weighted by molar-refractivity contribution is 7.51. The molecule has 6 rings (SSSR count). The lowest BCUT2D eigenvalue weighted by Crippen LogP contribution is -2.55. The molecule has 1 unspecified atom stereocenters. The predicted molar refractivity (Wildman–Crippen MR) is 231 cm³/mol. The molecule has 9 heteroatoms. The number of para-hydroxylation sites is 1. The molecule has 0 spiro atoms. The zero-order chi connectivity index (χ0) is 42.3. The Hall–Kier alpha value is -3.19. The van der Waals surface area contributed by atoms with E-state index in [-0.39, 0.29) is 40.1 Å². The number of benzene rings is 2. The fraction of sp³-hybridized carbons (Fsp3) is 0.633. The second-order valence-electron chi connectivity index (χ2n) is 19.9. The van der Waals surface area contributed by atoms with Crippen molar-refractivity contribution in [2.75, 3.05) is 0 Å². The highest BCUT2D eigenvalue weighted by Crippen LogP contribution is 2.72. The molecular weight excluding hydrogens is 746 g/mol. The molecule has 0 aliphatic heterocycles. The molecule has 58 heavy (non-hydrogen) atoms. The number of ether oxygens (including phenoxy) is 2. The molecule has 4 aliphatic rings. The van der Waals surface area contributed by atoms with Crippen molar-refractivity contribution in [3.05, 3.63) is 88.5 Å². The number of carbonyl (C=O) groups excluding carboxylic acids is 2. The molecule has 0 radical (unpaired) electrons. The van der Waals surface area contributed by atoms with Crippen LogP contribution in [0.5, 0.6) is 5.75 Å². The second kappa shape index (κ2) is 17.1. The standard InChI is InChI=1S/C49H70NO7P/c1-32(2)17-16-18-34(5)37-25-29-49(10)39-23-24-42-46(6,7)43(27-28-47(42,8)38(39)26-30-48(37,49)9)56-44(51)36-21-14-15-22-41(36)57-58(53,54)50-40(45(52)55-33(3)4)31-35-19-12-11-13-20-35/h11-15,17,19-22,33-34,37,40,42-43H,16,18,23-31H2,1-10H3,(H2,50,53,54)/t34-,37-,40+,42+,43+,47-,48-,49+/m1/s1. The van der Waals surface area contributed by atoms with Gasteiger partial charge < -0.3 is 18.9 Å². The molecule has 2 fully saturated rings. The van der Waals surface area contributed by atoms with Crippen LogP contribution in [0.2, 0.25) is 0 Å². The van der Waals surface area contributed by atoms with Gasteiger partial charge in [0.1, 0.15) is 23.5 Å². The van der Waals surface area contributed by atoms with E-state index in [0.717, 1.165) is 43.6 Å². The number of esters is 2. The Morgan fingerprint density at radius 1 is 0.897 bits per heavy atom. The van der Waals surface area contributed by atoms with Gasteiger partial charge in [-0.25, -0.2) is 9.36 Å². The second-order valence-corrected chi connectivity index (χ2v) is 21.4. The zero-order valence-corrected chi connectivity index (χ0v) is 37.8. The van der Waals surface area contributed by atoms with Crippen LogP contribution in [0.25, 0.3) is 0 Å². The summed E-state index contributed by atoms with van der Waals surface area (Å²) < 4.78 is 31.1. The van der Waals surface area contributed by atoms with E-state index in [0.29, 0.717) is 17.3 Å². The van der Waals surface area contributed by atoms with Gasteiger partial charge >= 0.3 is 19.7 Å². The number of rotatable bonds is 14. The van der Waals surface area contributed by atoms with Crippen molar-refractivity contribution in [1.82, 2.24) is 5.09 Å². The van der Waals surface area contributed by atoms with Crippen molar-refractivity contribution >= 4 is 19.7 Å². The van der Waals surface area contributed by atoms with Crippen LogP contribution in [0.3, 0.4) is 0 Å². The molecule has 0 aromatic heterocycles. The quantitative estimate of drug-likeness (QED) is 0.110. The Morgan fingerprint density at radius 2 is 1.59 bits per heavy atom. The van der Waals surface area contributed by atoms with Crippen LogP contribution in [0.4, 0.5) is 0 Å². The monoisotopic (exact) mass is 815 g/mol. The third-order valence-corrected chi connectivity index (χ3v) is 16.5. The van der Waals surface area contributed by atoms with Crippen molar-refractivity contribution in [3.8, 4) is 5.75 Å². The molecule has 2 aromatic rings. The molecule has 2 N–H and O–H groups in total. The van der Waals surface area contributed by atoms with E-state index in [2.05, 4.69) is 66.6 Å². The van der Waals surface area contributed by atoms with Gasteiger partial charge in [0.25, 0.3) is 0 Å². The van der Waals surface area contributed by atoms with Gasteiger partial charge in [0.05, 0.1) is 6.10 Å². The Kier molecular flexibility index (Phi) is 13.0. The van der Waals surface area contributed by atoms with Crippen LogP contribution in [-0.4, -0.2) is 35.1 Å². The average molecular weight is 816 g/mol. The Labute approximate surface area is 348 Å². The highest BCUT2D eigenvalue weighted by atomic mass is 31.2. The van der Waals surface area contributed by atoms with Crippen LogP contribution >= 0.6 is 7.75 Å². The molecule has 0 heterocycles. The van der Waals surface area contributed by atoms with Crippen LogP contribution in [0.1, 0.15) is 149 Å². The van der Waals surface area contributed by atoms with Gasteiger partial charge in [-0.3, -0.25) is 4.79 Å². The summed E-state index contributed by atoms with van der Waals surface area (Å²) in [6.07, 6.45) is 13.1. The van der Waals surface area contributed by atoms with Crippen molar-refractivity contribution in [2.45, 2.75) is 158 Å². The zero-order valence-electron chi connectivity index (χ0n) is 36.9. The smallest absolute Gasteiger partial charge is 0.456 e. The van der Waals surface area contributed by atoms with E-state index in [1.807, 2.05) is 30.3 Å². The highest BCUT2D eigenvalue weighted by Gasteiger charge is 2.63. The fourth-order valence-electron chi connectivity index (χ4n) is 12.3. The minimum absolute atomic E-state index is 0.0424. The Bertz CT molecular complexity index is 1930. The SMILES string of the molecule is CC(C)=CCC[C@@H](C)[C@H]1CC[C@@]2(C)C3=C(CC[C@]12C)[C@@]1(C)CC[C@H](OC(=O)c2ccccc2OP(=O)(O)N[C@@H](Cc2ccccc2)C(=O)OC(C)C)C(C)(C)[C@@H]1CC3. The van der Waals surface area contributed by atoms with Crippen molar-refractivity contribution in [1.29, 1.82) is 0 Å². The molecular formula is C49H70NO7P. The number of carbonyl (C=O) groups is 2. The third-order valence-electron chi connectivity index (χ3n) is 15.4. The summed E-state index contributed by atoms with van der Waals surface area (Å²) in [5.41, 5.74) is 5.98. The topological polar surface area (TPSA) is 111 Å². The molecule has 0 saturated heterocycles. The summed E-state index contributed by atoms with van der Waals surface area (Å²) >= 11 is 0. The lowest BCUT2D eigenvalue weighted by molar-refractivity contribution is -0.149. The minimum Gasteiger partial charge on any atom is -0.462 e. The number of hydrogen-bond donors (Lipinski definition) is 2. The molecule has 0 amide bonds. The maximum absolute atomic E-state index is 14.1. The molecule has 8 nitrogen and oxygen atoms in total. The molecule has 2 saturated carbocycles. The van der Waals surface area contributed by atoms with Gasteiger partial charge in [-0.15, -0.1) is 0 Å². The fourth-order valence-corrected chi connectivity index (χ4v) is 13.3. The van der Waals surface area contributed by atoms with Crippen LogP contribution in [0, 0.1) is 39.4 Å². The third kappa shape index (κ3) is 8.68. The maximum atomic E-state index is 14.1. The first-order valence-corrected chi connectivity index (χ1v) is 23.5. The van der Waals surface area contributed by atoms with E-state index < -0.39 is 31.8 Å². The van der Waals surface area contributed by atoms with E-state index in [1.54, 1.807) is 43.2 Å². The molecule has 0 bridgehead atoms. The average Bonchev–Trinajstić information content (AvgIpc) is 3.43. The summed E-state index contributed by atoms with van der Waals surface area (Å²) in [7, 11) is -4.69. The van der Waals surface area contributed by atoms with Crippen LogP contribution in [-0.2, 0) is 25.3 Å². The van der Waals surface area contributed by atoms with Crippen molar-refractivity contribution < 1.29 is 33.0 Å². The summed E-state index contributed by atoms with van der Waals surface area (Å²) in [4.78, 5) is 38.2. The van der Waals surface area contributed by atoms with Gasteiger partial charge in [0, 0.05) is 5.41 Å².